The number of hydrogen-bond acceptors (Lipinski definition) is 5. The van der Waals surface area contributed by atoms with Crippen molar-refractivity contribution in [2.45, 2.75) is 32.1 Å². The Balaban J connectivity index is 1.48. The smallest absolute Gasteiger partial charge is 0.229 e. The summed E-state index contributed by atoms with van der Waals surface area (Å²) in [6.45, 7) is 2.67. The van der Waals surface area contributed by atoms with Gasteiger partial charge in [0.05, 0.1) is 15.2 Å². The number of para-hydroxylation sites is 1. The van der Waals surface area contributed by atoms with Gasteiger partial charge < -0.3 is 5.32 Å². The van der Waals surface area contributed by atoms with Crippen molar-refractivity contribution in [2.75, 3.05) is 13.1 Å². The summed E-state index contributed by atoms with van der Waals surface area (Å²) in [6, 6.07) is 7.95. The van der Waals surface area contributed by atoms with Crippen LogP contribution in [0.5, 0.6) is 0 Å². The van der Waals surface area contributed by atoms with E-state index in [1.54, 1.807) is 11.3 Å². The molecule has 7 heteroatoms. The van der Waals surface area contributed by atoms with E-state index in [4.69, 9.17) is 0 Å². The predicted molar refractivity (Wildman–Crippen MR) is 91.6 cm³/mol. The third-order valence-electron chi connectivity index (χ3n) is 4.05. The average Bonchev–Trinajstić information content (AvgIpc) is 3.14. The molecule has 1 aromatic carbocycles. The summed E-state index contributed by atoms with van der Waals surface area (Å²) in [7, 11) is 0. The highest BCUT2D eigenvalue weighted by Gasteiger charge is 2.28. The molecule has 1 atom stereocenters. The molecule has 2 aromatic rings. The van der Waals surface area contributed by atoms with Gasteiger partial charge in [-0.3, -0.25) is 19.3 Å². The zero-order valence-electron chi connectivity index (χ0n) is 13.4. The number of likely N-dealkylation sites (tertiary alicyclic amines) is 1. The van der Waals surface area contributed by atoms with Crippen molar-refractivity contribution in [1.29, 1.82) is 0 Å². The topological polar surface area (TPSA) is 79.4 Å². The zero-order valence-corrected chi connectivity index (χ0v) is 14.3. The SMILES string of the molecule is CC(CNC(=O)CCN1C(=O)CCC1=O)c1nc2ccccc2s1. The molecule has 1 fully saturated rings. The van der Waals surface area contributed by atoms with Crippen LogP contribution in [-0.2, 0) is 14.4 Å². The molecule has 6 nitrogen and oxygen atoms in total. The Labute approximate surface area is 143 Å². The molecule has 3 amide bonds. The van der Waals surface area contributed by atoms with E-state index in [2.05, 4.69) is 10.3 Å². The van der Waals surface area contributed by atoms with E-state index >= 15 is 0 Å². The minimum atomic E-state index is -0.185. The fourth-order valence-electron chi connectivity index (χ4n) is 2.63. The Bertz CT molecular complexity index is 737. The average molecular weight is 345 g/mol. The molecule has 0 spiro atoms. The van der Waals surface area contributed by atoms with Gasteiger partial charge in [-0.2, -0.15) is 0 Å². The first-order chi connectivity index (χ1) is 11.5. The maximum atomic E-state index is 11.9. The standard InChI is InChI=1S/C17H19N3O3S/c1-11(17-19-12-4-2-3-5-13(12)24-17)10-18-14(21)8-9-20-15(22)6-7-16(20)23/h2-5,11H,6-10H2,1H3,(H,18,21). The van der Waals surface area contributed by atoms with Crippen LogP contribution in [0.3, 0.4) is 0 Å². The molecule has 0 radical (unpaired) electrons. The Kier molecular flexibility index (Phi) is 4.89. The summed E-state index contributed by atoms with van der Waals surface area (Å²) in [5.41, 5.74) is 0.974. The number of thiazole rings is 1. The van der Waals surface area contributed by atoms with E-state index in [0.717, 1.165) is 15.2 Å². The normalized spacial score (nSPS) is 16.0. The molecule has 0 bridgehead atoms. The van der Waals surface area contributed by atoms with Crippen LogP contribution in [0.25, 0.3) is 10.2 Å². The van der Waals surface area contributed by atoms with Gasteiger partial charge in [-0.25, -0.2) is 4.98 Å². The summed E-state index contributed by atoms with van der Waals surface area (Å²) in [5.74, 6) is -0.414. The van der Waals surface area contributed by atoms with Gasteiger partial charge in [-0.1, -0.05) is 19.1 Å². The van der Waals surface area contributed by atoms with Gasteiger partial charge >= 0.3 is 0 Å². The van der Waals surface area contributed by atoms with Crippen molar-refractivity contribution in [2.24, 2.45) is 0 Å². The van der Waals surface area contributed by atoms with Crippen molar-refractivity contribution in [3.63, 3.8) is 0 Å². The van der Waals surface area contributed by atoms with Crippen molar-refractivity contribution >= 4 is 39.3 Å². The van der Waals surface area contributed by atoms with Gasteiger partial charge in [0.2, 0.25) is 17.7 Å². The fourth-order valence-corrected chi connectivity index (χ4v) is 3.65. The van der Waals surface area contributed by atoms with Crippen LogP contribution < -0.4 is 5.32 Å². The predicted octanol–water partition coefficient (Wildman–Crippen LogP) is 2.06. The Morgan fingerprint density at radius 2 is 2.00 bits per heavy atom. The number of imide groups is 1. The van der Waals surface area contributed by atoms with Gasteiger partial charge in [0, 0.05) is 38.3 Å². The van der Waals surface area contributed by atoms with Crippen molar-refractivity contribution in [3.8, 4) is 0 Å². The summed E-state index contributed by atoms with van der Waals surface area (Å²) >= 11 is 1.63. The molecule has 1 aliphatic rings. The van der Waals surface area contributed by atoms with E-state index in [-0.39, 0.29) is 49.4 Å². The maximum absolute atomic E-state index is 11.9. The largest absolute Gasteiger partial charge is 0.355 e. The lowest BCUT2D eigenvalue weighted by Crippen LogP contribution is -2.35. The second-order valence-corrected chi connectivity index (χ2v) is 6.98. The quantitative estimate of drug-likeness (QED) is 0.813. The minimum Gasteiger partial charge on any atom is -0.355 e. The van der Waals surface area contributed by atoms with Crippen LogP contribution in [0, 0.1) is 0 Å². The third kappa shape index (κ3) is 3.62. The molecule has 1 aliphatic heterocycles. The van der Waals surface area contributed by atoms with Crippen molar-refractivity contribution in [3.05, 3.63) is 29.3 Å². The number of benzene rings is 1. The second-order valence-electron chi connectivity index (χ2n) is 5.91. The highest BCUT2D eigenvalue weighted by Crippen LogP contribution is 2.26. The Morgan fingerprint density at radius 3 is 2.71 bits per heavy atom. The molecule has 0 aliphatic carbocycles. The third-order valence-corrected chi connectivity index (χ3v) is 5.32. The van der Waals surface area contributed by atoms with E-state index in [1.807, 2.05) is 31.2 Å². The van der Waals surface area contributed by atoms with Gasteiger partial charge in [0.25, 0.3) is 0 Å². The van der Waals surface area contributed by atoms with E-state index in [9.17, 15) is 14.4 Å². The molecular weight excluding hydrogens is 326 g/mol. The van der Waals surface area contributed by atoms with Crippen molar-refractivity contribution in [1.82, 2.24) is 15.2 Å². The van der Waals surface area contributed by atoms with Gasteiger partial charge in [0.15, 0.2) is 0 Å². The highest BCUT2D eigenvalue weighted by molar-refractivity contribution is 7.18. The number of hydrogen-bond donors (Lipinski definition) is 1. The summed E-state index contributed by atoms with van der Waals surface area (Å²) in [4.78, 5) is 40.7. The number of carbonyl (C=O) groups is 3. The van der Waals surface area contributed by atoms with Crippen LogP contribution in [0.4, 0.5) is 0 Å². The van der Waals surface area contributed by atoms with Crippen LogP contribution in [-0.4, -0.2) is 40.7 Å². The molecule has 2 heterocycles. The lowest BCUT2D eigenvalue weighted by atomic mass is 10.2. The molecular formula is C17H19N3O3S. The zero-order chi connectivity index (χ0) is 17.1. The summed E-state index contributed by atoms with van der Waals surface area (Å²) in [5, 5.41) is 3.84. The number of rotatable bonds is 6. The number of nitrogens with zero attached hydrogens (tertiary/aromatic N) is 2. The number of fused-ring (bicyclic) bond motifs is 1. The summed E-state index contributed by atoms with van der Waals surface area (Å²) < 4.78 is 1.14. The lowest BCUT2D eigenvalue weighted by Gasteiger charge is -2.14. The fraction of sp³-hybridized carbons (Fsp3) is 0.412. The van der Waals surface area contributed by atoms with Crippen LogP contribution in [0.2, 0.25) is 0 Å². The Hall–Kier alpha value is -2.28. The first-order valence-corrected chi connectivity index (χ1v) is 8.81. The van der Waals surface area contributed by atoms with Gasteiger partial charge in [0.1, 0.15) is 0 Å². The first kappa shape index (κ1) is 16.6. The first-order valence-electron chi connectivity index (χ1n) is 8.00. The molecule has 1 aromatic heterocycles. The molecule has 1 unspecified atom stereocenters. The Morgan fingerprint density at radius 1 is 1.29 bits per heavy atom. The second kappa shape index (κ2) is 7.09. The van der Waals surface area contributed by atoms with E-state index in [0.29, 0.717) is 6.54 Å². The van der Waals surface area contributed by atoms with E-state index in [1.165, 1.54) is 4.90 Å². The molecule has 0 saturated carbocycles. The van der Waals surface area contributed by atoms with Gasteiger partial charge in [-0.15, -0.1) is 11.3 Å². The maximum Gasteiger partial charge on any atom is 0.229 e. The number of carbonyl (C=O) groups excluding carboxylic acids is 3. The molecule has 24 heavy (non-hydrogen) atoms. The lowest BCUT2D eigenvalue weighted by molar-refractivity contribution is -0.138. The van der Waals surface area contributed by atoms with Crippen LogP contribution in [0.1, 0.15) is 37.1 Å². The number of aromatic nitrogens is 1. The van der Waals surface area contributed by atoms with Crippen LogP contribution >= 0.6 is 11.3 Å². The molecule has 3 rings (SSSR count). The minimum absolute atomic E-state index is 0.112. The molecule has 1 N–H and O–H groups in total. The summed E-state index contributed by atoms with van der Waals surface area (Å²) in [6.07, 6.45) is 0.661. The number of nitrogens with one attached hydrogen (secondary N) is 1. The van der Waals surface area contributed by atoms with Gasteiger partial charge in [-0.05, 0) is 12.1 Å². The van der Waals surface area contributed by atoms with Crippen LogP contribution in [0.15, 0.2) is 24.3 Å². The highest BCUT2D eigenvalue weighted by atomic mass is 32.1. The van der Waals surface area contributed by atoms with E-state index < -0.39 is 0 Å². The molecule has 1 saturated heterocycles. The molecule has 126 valence electrons. The monoisotopic (exact) mass is 345 g/mol. The number of amides is 3. The van der Waals surface area contributed by atoms with Crippen molar-refractivity contribution < 1.29 is 14.4 Å².